The maximum Gasteiger partial charge on any atom is 0.290 e. The zero-order valence-corrected chi connectivity index (χ0v) is 15.7. The third-order valence-electron chi connectivity index (χ3n) is 4.57. The summed E-state index contributed by atoms with van der Waals surface area (Å²) in [6.45, 7) is 0. The Morgan fingerprint density at radius 2 is 1.93 bits per heavy atom. The van der Waals surface area contributed by atoms with Gasteiger partial charge in [0.1, 0.15) is 10.8 Å². The van der Waals surface area contributed by atoms with Gasteiger partial charge in [0.05, 0.1) is 12.1 Å². The van der Waals surface area contributed by atoms with Crippen LogP contribution in [0.5, 0.6) is 0 Å². The number of thiazole rings is 1. The van der Waals surface area contributed by atoms with Crippen LogP contribution in [0.4, 0.5) is 4.39 Å². The first-order chi connectivity index (χ1) is 13.6. The van der Waals surface area contributed by atoms with Crippen molar-refractivity contribution in [1.82, 2.24) is 26.0 Å². The highest BCUT2D eigenvalue weighted by atomic mass is 32.1. The third-order valence-corrected chi connectivity index (χ3v) is 5.51. The predicted octanol–water partition coefficient (Wildman–Crippen LogP) is 2.55. The number of hydrogen-bond acceptors (Lipinski definition) is 5. The van der Waals surface area contributed by atoms with Crippen molar-refractivity contribution in [2.24, 2.45) is 0 Å². The maximum absolute atomic E-state index is 13.0. The molecule has 28 heavy (non-hydrogen) atoms. The van der Waals surface area contributed by atoms with E-state index < -0.39 is 5.91 Å². The van der Waals surface area contributed by atoms with Crippen LogP contribution in [0.25, 0.3) is 10.6 Å². The fourth-order valence-electron chi connectivity index (χ4n) is 3.18. The summed E-state index contributed by atoms with van der Waals surface area (Å²) in [5, 5.41) is 9.45. The van der Waals surface area contributed by atoms with Gasteiger partial charge in [0.15, 0.2) is 5.69 Å². The number of fused-ring (bicyclic) bond motifs is 1. The minimum absolute atomic E-state index is 0.0245. The number of hydrogen-bond donors (Lipinski definition) is 3. The van der Waals surface area contributed by atoms with E-state index in [1.54, 1.807) is 17.5 Å². The van der Waals surface area contributed by atoms with E-state index in [4.69, 9.17) is 0 Å². The van der Waals surface area contributed by atoms with Gasteiger partial charge in [0, 0.05) is 22.2 Å². The SMILES string of the molecule is O=C(Cc1csc(-c2ccc(F)cc2)n1)NNC(=O)c1n[nH]c2c1CCCC2. The predicted molar refractivity (Wildman–Crippen MR) is 102 cm³/mol. The number of nitrogens with one attached hydrogen (secondary N) is 3. The molecule has 0 aliphatic heterocycles. The normalized spacial score (nSPS) is 13.0. The van der Waals surface area contributed by atoms with Gasteiger partial charge in [-0.3, -0.25) is 25.5 Å². The molecule has 1 aliphatic rings. The summed E-state index contributed by atoms with van der Waals surface area (Å²) >= 11 is 1.37. The molecule has 1 aromatic carbocycles. The molecule has 2 heterocycles. The molecule has 0 unspecified atom stereocenters. The van der Waals surface area contributed by atoms with Crippen molar-refractivity contribution in [1.29, 1.82) is 0 Å². The molecule has 144 valence electrons. The lowest BCUT2D eigenvalue weighted by Gasteiger charge is -2.11. The Kier molecular flexibility index (Phi) is 5.16. The second kappa shape index (κ2) is 7.89. The highest BCUT2D eigenvalue weighted by molar-refractivity contribution is 7.13. The molecule has 3 aromatic rings. The fraction of sp³-hybridized carbons (Fsp3) is 0.263. The quantitative estimate of drug-likeness (QED) is 0.587. The Morgan fingerprint density at radius 3 is 2.75 bits per heavy atom. The minimum atomic E-state index is -0.432. The van der Waals surface area contributed by atoms with Crippen molar-refractivity contribution in [3.05, 3.63) is 58.1 Å². The van der Waals surface area contributed by atoms with Crippen LogP contribution in [-0.2, 0) is 24.1 Å². The minimum Gasteiger partial charge on any atom is -0.281 e. The Labute approximate surface area is 164 Å². The van der Waals surface area contributed by atoms with Crippen LogP contribution >= 0.6 is 11.3 Å². The zero-order valence-electron chi connectivity index (χ0n) is 14.9. The van der Waals surface area contributed by atoms with Crippen LogP contribution in [0.15, 0.2) is 29.6 Å². The molecule has 0 spiro atoms. The first-order valence-corrected chi connectivity index (χ1v) is 9.84. The lowest BCUT2D eigenvalue weighted by atomic mass is 9.96. The van der Waals surface area contributed by atoms with Gasteiger partial charge >= 0.3 is 0 Å². The molecule has 0 fully saturated rings. The number of carbonyl (C=O) groups excluding carboxylic acids is 2. The van der Waals surface area contributed by atoms with Crippen molar-refractivity contribution in [2.45, 2.75) is 32.1 Å². The second-order valence-corrected chi connectivity index (χ2v) is 7.42. The lowest BCUT2D eigenvalue weighted by molar-refractivity contribution is -0.121. The number of aryl methyl sites for hydroxylation is 1. The van der Waals surface area contributed by atoms with E-state index in [0.717, 1.165) is 42.5 Å². The van der Waals surface area contributed by atoms with Gasteiger partial charge in [0.25, 0.3) is 5.91 Å². The van der Waals surface area contributed by atoms with Crippen LogP contribution in [0.1, 0.15) is 40.3 Å². The molecule has 7 nitrogen and oxygen atoms in total. The number of carbonyl (C=O) groups is 2. The van der Waals surface area contributed by atoms with E-state index in [0.29, 0.717) is 16.4 Å². The topological polar surface area (TPSA) is 99.8 Å². The third kappa shape index (κ3) is 3.94. The number of benzene rings is 1. The first kappa shape index (κ1) is 18.3. The van der Waals surface area contributed by atoms with Crippen LogP contribution in [0.3, 0.4) is 0 Å². The summed E-state index contributed by atoms with van der Waals surface area (Å²) in [5.74, 6) is -1.12. The summed E-state index contributed by atoms with van der Waals surface area (Å²) < 4.78 is 13.0. The number of rotatable bonds is 4. The number of nitrogens with zero attached hydrogens (tertiary/aromatic N) is 2. The number of H-pyrrole nitrogens is 1. The van der Waals surface area contributed by atoms with Gasteiger partial charge in [0.2, 0.25) is 5.91 Å². The van der Waals surface area contributed by atoms with Crippen LogP contribution in [0, 0.1) is 5.82 Å². The second-order valence-electron chi connectivity index (χ2n) is 6.57. The average Bonchev–Trinajstić information content (AvgIpc) is 3.34. The number of hydrazine groups is 1. The van der Waals surface area contributed by atoms with Crippen molar-refractivity contribution < 1.29 is 14.0 Å². The molecule has 0 saturated heterocycles. The molecule has 4 rings (SSSR count). The fourth-order valence-corrected chi connectivity index (χ4v) is 4.00. The summed E-state index contributed by atoms with van der Waals surface area (Å²) in [5.41, 5.74) is 8.45. The Bertz CT molecular complexity index is 1010. The van der Waals surface area contributed by atoms with Crippen molar-refractivity contribution in [2.75, 3.05) is 0 Å². The van der Waals surface area contributed by atoms with Crippen molar-refractivity contribution >= 4 is 23.2 Å². The molecule has 9 heteroatoms. The molecule has 3 N–H and O–H groups in total. The van der Waals surface area contributed by atoms with Gasteiger partial charge in [-0.05, 0) is 49.9 Å². The highest BCUT2D eigenvalue weighted by Crippen LogP contribution is 2.24. The van der Waals surface area contributed by atoms with Crippen molar-refractivity contribution in [3.63, 3.8) is 0 Å². The van der Waals surface area contributed by atoms with Gasteiger partial charge in [-0.2, -0.15) is 5.10 Å². The summed E-state index contributed by atoms with van der Waals surface area (Å²) in [4.78, 5) is 28.8. The van der Waals surface area contributed by atoms with Gasteiger partial charge in [-0.15, -0.1) is 11.3 Å². The Balaban J connectivity index is 1.33. The molecule has 0 bridgehead atoms. The molecule has 1 aliphatic carbocycles. The van der Waals surface area contributed by atoms with Gasteiger partial charge in [-0.1, -0.05) is 0 Å². The van der Waals surface area contributed by atoms with Crippen LogP contribution in [-0.4, -0.2) is 27.0 Å². The van der Waals surface area contributed by atoms with Gasteiger partial charge < -0.3 is 0 Å². The average molecular weight is 399 g/mol. The number of aromatic amines is 1. The molecule has 2 amide bonds. The summed E-state index contributed by atoms with van der Waals surface area (Å²) in [6, 6.07) is 6.02. The molecule has 0 atom stereocenters. The molecule has 0 radical (unpaired) electrons. The molecule has 0 saturated carbocycles. The number of aromatic nitrogens is 3. The van der Waals surface area contributed by atoms with Crippen LogP contribution < -0.4 is 10.9 Å². The zero-order chi connectivity index (χ0) is 19.5. The number of amides is 2. The maximum atomic E-state index is 13.0. The first-order valence-electron chi connectivity index (χ1n) is 8.96. The van der Waals surface area contributed by atoms with E-state index in [1.165, 1.54) is 23.5 Å². The van der Waals surface area contributed by atoms with E-state index in [9.17, 15) is 14.0 Å². The summed E-state index contributed by atoms with van der Waals surface area (Å²) in [6.07, 6.45) is 3.84. The smallest absolute Gasteiger partial charge is 0.281 e. The monoisotopic (exact) mass is 399 g/mol. The van der Waals surface area contributed by atoms with Crippen LogP contribution in [0.2, 0.25) is 0 Å². The molecular formula is C19H18FN5O2S. The van der Waals surface area contributed by atoms with E-state index >= 15 is 0 Å². The van der Waals surface area contributed by atoms with E-state index in [1.807, 2.05) is 0 Å². The summed E-state index contributed by atoms with van der Waals surface area (Å²) in [7, 11) is 0. The number of halogens is 1. The van der Waals surface area contributed by atoms with Crippen molar-refractivity contribution in [3.8, 4) is 10.6 Å². The lowest BCUT2D eigenvalue weighted by Crippen LogP contribution is -2.42. The Morgan fingerprint density at radius 1 is 1.14 bits per heavy atom. The van der Waals surface area contributed by atoms with Gasteiger partial charge in [-0.25, -0.2) is 9.37 Å². The highest BCUT2D eigenvalue weighted by Gasteiger charge is 2.22. The van der Waals surface area contributed by atoms with E-state index in [2.05, 4.69) is 26.0 Å². The standard InChI is InChI=1S/C19H18FN5O2S/c20-12-7-5-11(6-8-12)19-21-13(10-28-19)9-16(26)23-25-18(27)17-14-3-1-2-4-15(14)22-24-17/h5-8,10H,1-4,9H2,(H,22,24)(H,23,26)(H,25,27). The van der Waals surface area contributed by atoms with E-state index in [-0.39, 0.29) is 18.1 Å². The Hall–Kier alpha value is -3.07. The molecule has 2 aromatic heterocycles. The largest absolute Gasteiger partial charge is 0.290 e. The molecular weight excluding hydrogens is 381 g/mol.